The summed E-state index contributed by atoms with van der Waals surface area (Å²) in [6.07, 6.45) is 11.8. The molecule has 2 heterocycles. The molecule has 0 atom stereocenters. The van der Waals surface area contributed by atoms with Crippen molar-refractivity contribution < 1.29 is 0 Å². The molecule has 0 N–H and O–H groups in total. The number of unbranched alkanes of at least 4 members (excludes halogenated alkanes) is 3. The number of aryl methyl sites for hydroxylation is 1. The van der Waals surface area contributed by atoms with Crippen molar-refractivity contribution >= 4 is 33.0 Å². The van der Waals surface area contributed by atoms with E-state index < -0.39 is 18.4 Å². The molecule has 0 radical (unpaired) electrons. The molecule has 0 aliphatic rings. The first-order valence-corrected chi connectivity index (χ1v) is 18.9. The van der Waals surface area contributed by atoms with E-state index in [2.05, 4.69) is 55.1 Å². The van der Waals surface area contributed by atoms with Crippen molar-refractivity contribution in [2.45, 2.75) is 72.6 Å². The van der Waals surface area contributed by atoms with Gasteiger partial charge in [-0.3, -0.25) is 0 Å². The Labute approximate surface area is 180 Å². The summed E-state index contributed by atoms with van der Waals surface area (Å²) in [6, 6.07) is 8.73. The van der Waals surface area contributed by atoms with Crippen molar-refractivity contribution in [1.82, 2.24) is 19.7 Å². The molecule has 0 saturated carbocycles. The SMILES string of the molecule is CCC[CH2][Sn]([CH2]CCC)([CH2]CCC)[c]1ccnc(-c2ccc3c(cnn3C)c2)n1. The van der Waals surface area contributed by atoms with Crippen molar-refractivity contribution in [1.29, 1.82) is 0 Å². The van der Waals surface area contributed by atoms with Crippen LogP contribution in [0.1, 0.15) is 59.3 Å². The topological polar surface area (TPSA) is 43.6 Å². The summed E-state index contributed by atoms with van der Waals surface area (Å²) in [6.45, 7) is 6.97. The van der Waals surface area contributed by atoms with E-state index in [0.29, 0.717) is 0 Å². The van der Waals surface area contributed by atoms with Crippen molar-refractivity contribution in [2.75, 3.05) is 0 Å². The van der Waals surface area contributed by atoms with Gasteiger partial charge in [0.2, 0.25) is 0 Å². The van der Waals surface area contributed by atoms with E-state index in [0.717, 1.165) is 22.3 Å². The average Bonchev–Trinajstić information content (AvgIpc) is 3.14. The molecule has 0 bridgehead atoms. The monoisotopic (exact) mass is 500 g/mol. The Balaban J connectivity index is 2.00. The molecule has 0 amide bonds. The zero-order valence-electron chi connectivity index (χ0n) is 18.6. The molecule has 0 aliphatic heterocycles. The van der Waals surface area contributed by atoms with Gasteiger partial charge in [-0.2, -0.15) is 0 Å². The van der Waals surface area contributed by atoms with Crippen molar-refractivity contribution in [3.8, 4) is 11.4 Å². The zero-order valence-corrected chi connectivity index (χ0v) is 21.5. The van der Waals surface area contributed by atoms with E-state index in [1.807, 2.05) is 24.1 Å². The van der Waals surface area contributed by atoms with Gasteiger partial charge in [-0.1, -0.05) is 0 Å². The van der Waals surface area contributed by atoms with Gasteiger partial charge in [0.25, 0.3) is 0 Å². The molecule has 5 heteroatoms. The molecule has 0 fully saturated rings. The molecule has 3 aromatic rings. The summed E-state index contributed by atoms with van der Waals surface area (Å²) < 4.78 is 7.67. The molecule has 29 heavy (non-hydrogen) atoms. The first-order valence-electron chi connectivity index (χ1n) is 11.4. The van der Waals surface area contributed by atoms with Gasteiger partial charge < -0.3 is 0 Å². The fourth-order valence-electron chi connectivity index (χ4n) is 4.40. The quantitative estimate of drug-likeness (QED) is 0.300. The van der Waals surface area contributed by atoms with Gasteiger partial charge in [0, 0.05) is 0 Å². The van der Waals surface area contributed by atoms with Crippen LogP contribution in [0.15, 0.2) is 36.7 Å². The zero-order chi connectivity index (χ0) is 20.7. The Kier molecular flexibility index (Phi) is 8.10. The van der Waals surface area contributed by atoms with E-state index >= 15 is 0 Å². The third-order valence-electron chi connectivity index (χ3n) is 6.23. The molecule has 0 saturated heterocycles. The Hall–Kier alpha value is -1.43. The van der Waals surface area contributed by atoms with Gasteiger partial charge in [-0.25, -0.2) is 0 Å². The van der Waals surface area contributed by atoms with Gasteiger partial charge in [-0.15, -0.1) is 0 Å². The molecule has 156 valence electrons. The number of rotatable bonds is 11. The fraction of sp³-hybridized carbons (Fsp3) is 0.542. The van der Waals surface area contributed by atoms with Crippen LogP contribution in [0.25, 0.3) is 22.3 Å². The van der Waals surface area contributed by atoms with Crippen LogP contribution in [-0.4, -0.2) is 38.1 Å². The van der Waals surface area contributed by atoms with E-state index in [-0.39, 0.29) is 0 Å². The summed E-state index contributed by atoms with van der Waals surface area (Å²) in [5, 5.41) is 5.52. The predicted molar refractivity (Wildman–Crippen MR) is 126 cm³/mol. The van der Waals surface area contributed by atoms with Crippen LogP contribution in [0, 0.1) is 0 Å². The normalized spacial score (nSPS) is 12.0. The first kappa shape index (κ1) is 22.3. The number of nitrogens with zero attached hydrogens (tertiary/aromatic N) is 4. The number of fused-ring (bicyclic) bond motifs is 1. The minimum atomic E-state index is -2.53. The van der Waals surface area contributed by atoms with Crippen LogP contribution in [0.4, 0.5) is 0 Å². The number of hydrogen-bond acceptors (Lipinski definition) is 3. The van der Waals surface area contributed by atoms with Crippen LogP contribution in [0.3, 0.4) is 0 Å². The molecule has 0 unspecified atom stereocenters. The van der Waals surface area contributed by atoms with Crippen LogP contribution < -0.4 is 3.71 Å². The summed E-state index contributed by atoms with van der Waals surface area (Å²) in [5.74, 6) is 0.888. The van der Waals surface area contributed by atoms with Gasteiger partial charge in [0.1, 0.15) is 0 Å². The minimum absolute atomic E-state index is 0.888. The van der Waals surface area contributed by atoms with Gasteiger partial charge >= 0.3 is 180 Å². The van der Waals surface area contributed by atoms with E-state index in [1.165, 1.54) is 55.5 Å². The molecular formula is C24H36N4Sn. The van der Waals surface area contributed by atoms with Gasteiger partial charge in [0.15, 0.2) is 0 Å². The summed E-state index contributed by atoms with van der Waals surface area (Å²) in [5.41, 5.74) is 2.25. The standard InChI is InChI=1S/C12H9N4.3C4H9.Sn/c1-16-11-4-3-9(7-10(11)8-15-16)12-13-5-2-6-14-12;3*1-3-4-2;/h2-5,7-8H,1H3;3*1,3-4H2,2H3;. The molecule has 2 aromatic heterocycles. The van der Waals surface area contributed by atoms with Crippen LogP contribution >= 0.6 is 0 Å². The molecule has 4 nitrogen and oxygen atoms in total. The average molecular weight is 499 g/mol. The third kappa shape index (κ3) is 5.19. The number of aromatic nitrogens is 4. The van der Waals surface area contributed by atoms with Crippen LogP contribution in [-0.2, 0) is 7.05 Å². The Morgan fingerprint density at radius 2 is 1.55 bits per heavy atom. The van der Waals surface area contributed by atoms with Crippen molar-refractivity contribution in [3.05, 3.63) is 36.7 Å². The van der Waals surface area contributed by atoms with Crippen LogP contribution in [0.2, 0.25) is 13.3 Å². The maximum atomic E-state index is 5.24. The molecule has 0 aliphatic carbocycles. The number of hydrogen-bond donors (Lipinski definition) is 0. The van der Waals surface area contributed by atoms with Crippen molar-refractivity contribution in [3.63, 3.8) is 0 Å². The van der Waals surface area contributed by atoms with E-state index in [9.17, 15) is 0 Å². The Morgan fingerprint density at radius 3 is 2.17 bits per heavy atom. The second kappa shape index (κ2) is 10.6. The maximum absolute atomic E-state index is 5.24. The van der Waals surface area contributed by atoms with E-state index in [1.54, 1.807) is 0 Å². The van der Waals surface area contributed by atoms with Crippen molar-refractivity contribution in [2.24, 2.45) is 7.05 Å². The summed E-state index contributed by atoms with van der Waals surface area (Å²) in [7, 11) is 1.98. The van der Waals surface area contributed by atoms with E-state index in [4.69, 9.17) is 4.98 Å². The second-order valence-corrected chi connectivity index (χ2v) is 21.4. The molecule has 1 aromatic carbocycles. The Bertz CT molecular complexity index is 896. The van der Waals surface area contributed by atoms with Crippen LogP contribution in [0.5, 0.6) is 0 Å². The first-order chi connectivity index (χ1) is 14.1. The molecular weight excluding hydrogens is 463 g/mol. The summed E-state index contributed by atoms with van der Waals surface area (Å²) in [4.78, 5) is 9.92. The number of benzene rings is 1. The molecule has 0 spiro atoms. The second-order valence-electron chi connectivity index (χ2n) is 8.40. The fourth-order valence-corrected chi connectivity index (χ4v) is 19.8. The van der Waals surface area contributed by atoms with Gasteiger partial charge in [0.05, 0.1) is 0 Å². The van der Waals surface area contributed by atoms with Gasteiger partial charge in [-0.05, 0) is 0 Å². The molecule has 3 rings (SSSR count). The predicted octanol–water partition coefficient (Wildman–Crippen LogP) is 6.09. The summed E-state index contributed by atoms with van der Waals surface area (Å²) >= 11 is -2.53. The Morgan fingerprint density at radius 1 is 0.897 bits per heavy atom. The third-order valence-corrected chi connectivity index (χ3v) is 21.3.